The summed E-state index contributed by atoms with van der Waals surface area (Å²) in [5.41, 5.74) is 1.24. The zero-order valence-corrected chi connectivity index (χ0v) is 11.6. The molecule has 2 aromatic rings. The molecule has 1 heterocycles. The van der Waals surface area contributed by atoms with Crippen LogP contribution in [0.4, 0.5) is 4.39 Å². The molecule has 18 heavy (non-hydrogen) atoms. The van der Waals surface area contributed by atoms with Crippen molar-refractivity contribution in [3.05, 3.63) is 40.4 Å². The van der Waals surface area contributed by atoms with Crippen molar-refractivity contribution in [2.24, 2.45) is 0 Å². The summed E-state index contributed by atoms with van der Waals surface area (Å²) in [4.78, 5) is 0. The zero-order valence-electron chi connectivity index (χ0n) is 10.0. The Morgan fingerprint density at radius 2 is 2.28 bits per heavy atom. The van der Waals surface area contributed by atoms with E-state index in [4.69, 9.17) is 0 Å². The Kier molecular flexibility index (Phi) is 4.43. The molecule has 0 amide bonds. The lowest BCUT2D eigenvalue weighted by atomic mass is 10.3. The van der Waals surface area contributed by atoms with Crippen molar-refractivity contribution in [3.63, 3.8) is 0 Å². The molecule has 0 spiro atoms. The van der Waals surface area contributed by atoms with E-state index >= 15 is 0 Å². The summed E-state index contributed by atoms with van der Waals surface area (Å²) in [6.07, 6.45) is 2.69. The molecule has 0 aliphatic heterocycles. The van der Waals surface area contributed by atoms with Crippen molar-refractivity contribution in [1.82, 2.24) is 20.3 Å². The van der Waals surface area contributed by atoms with Gasteiger partial charge in [0, 0.05) is 11.0 Å². The van der Waals surface area contributed by atoms with Gasteiger partial charge in [-0.25, -0.2) is 9.07 Å². The fraction of sp³-hybridized carbons (Fsp3) is 0.333. The smallest absolute Gasteiger partial charge is 0.150 e. The van der Waals surface area contributed by atoms with Crippen LogP contribution in [0.25, 0.3) is 5.69 Å². The molecule has 0 aliphatic carbocycles. The van der Waals surface area contributed by atoms with E-state index in [1.807, 2.05) is 0 Å². The van der Waals surface area contributed by atoms with Crippen molar-refractivity contribution in [3.8, 4) is 5.69 Å². The second-order valence-corrected chi connectivity index (χ2v) is 4.83. The number of hydrogen-bond acceptors (Lipinski definition) is 3. The first kappa shape index (κ1) is 13.2. The van der Waals surface area contributed by atoms with Crippen molar-refractivity contribution in [2.45, 2.75) is 19.9 Å². The normalized spacial score (nSPS) is 10.8. The van der Waals surface area contributed by atoms with E-state index in [1.54, 1.807) is 18.3 Å². The van der Waals surface area contributed by atoms with E-state index in [2.05, 4.69) is 38.5 Å². The van der Waals surface area contributed by atoms with Gasteiger partial charge in [-0.3, -0.25) is 0 Å². The fourth-order valence-electron chi connectivity index (χ4n) is 1.63. The monoisotopic (exact) mass is 312 g/mol. The number of benzene rings is 1. The number of nitrogens with one attached hydrogen (secondary N) is 1. The fourth-order valence-corrected chi connectivity index (χ4v) is 1.96. The van der Waals surface area contributed by atoms with E-state index in [-0.39, 0.29) is 5.82 Å². The standard InChI is InChI=1S/C12H14BrFN4/c1-2-5-15-7-10-8-16-17-18(10)12-4-3-9(13)6-11(12)14/h3-4,6,8,15H,2,5,7H2,1H3. The highest BCUT2D eigenvalue weighted by atomic mass is 79.9. The predicted octanol–water partition coefficient (Wildman–Crippen LogP) is 2.67. The highest BCUT2D eigenvalue weighted by Crippen LogP contribution is 2.19. The molecule has 0 bridgehead atoms. The summed E-state index contributed by atoms with van der Waals surface area (Å²) in [6, 6.07) is 4.88. The van der Waals surface area contributed by atoms with E-state index in [0.29, 0.717) is 16.7 Å². The Hall–Kier alpha value is -1.27. The van der Waals surface area contributed by atoms with Crippen LogP contribution in [0.15, 0.2) is 28.9 Å². The molecular weight excluding hydrogens is 299 g/mol. The van der Waals surface area contributed by atoms with Gasteiger partial charge in [-0.2, -0.15) is 0 Å². The Labute approximate surface area is 113 Å². The van der Waals surface area contributed by atoms with Gasteiger partial charge in [-0.15, -0.1) is 5.10 Å². The Morgan fingerprint density at radius 1 is 1.44 bits per heavy atom. The average Bonchev–Trinajstić information content (AvgIpc) is 2.78. The number of hydrogen-bond donors (Lipinski definition) is 1. The topological polar surface area (TPSA) is 42.7 Å². The molecule has 1 N–H and O–H groups in total. The average molecular weight is 313 g/mol. The minimum absolute atomic E-state index is 0.327. The van der Waals surface area contributed by atoms with E-state index < -0.39 is 0 Å². The van der Waals surface area contributed by atoms with Gasteiger partial charge < -0.3 is 5.32 Å². The van der Waals surface area contributed by atoms with Crippen LogP contribution >= 0.6 is 15.9 Å². The first-order valence-corrected chi connectivity index (χ1v) is 6.57. The van der Waals surface area contributed by atoms with Gasteiger partial charge in [-0.05, 0) is 31.2 Å². The van der Waals surface area contributed by atoms with Crippen molar-refractivity contribution < 1.29 is 4.39 Å². The third kappa shape index (κ3) is 2.94. The lowest BCUT2D eigenvalue weighted by molar-refractivity contribution is 0.591. The van der Waals surface area contributed by atoms with Gasteiger partial charge in [0.2, 0.25) is 0 Å². The minimum atomic E-state index is -0.327. The molecule has 6 heteroatoms. The Balaban J connectivity index is 2.25. The third-order valence-electron chi connectivity index (χ3n) is 2.49. The first-order valence-electron chi connectivity index (χ1n) is 5.78. The van der Waals surface area contributed by atoms with Crippen LogP contribution in [0, 0.1) is 5.82 Å². The summed E-state index contributed by atoms with van der Waals surface area (Å²) < 4.78 is 16.1. The maximum atomic E-state index is 13.8. The van der Waals surface area contributed by atoms with Gasteiger partial charge >= 0.3 is 0 Å². The quantitative estimate of drug-likeness (QED) is 0.863. The summed E-state index contributed by atoms with van der Waals surface area (Å²) in [5, 5.41) is 11.0. The summed E-state index contributed by atoms with van der Waals surface area (Å²) in [6.45, 7) is 3.63. The highest BCUT2D eigenvalue weighted by molar-refractivity contribution is 9.10. The van der Waals surface area contributed by atoms with E-state index in [0.717, 1.165) is 18.7 Å². The van der Waals surface area contributed by atoms with Gasteiger partial charge in [0.1, 0.15) is 11.5 Å². The molecule has 0 saturated heterocycles. The second kappa shape index (κ2) is 6.06. The molecule has 0 fully saturated rings. The maximum Gasteiger partial charge on any atom is 0.150 e. The highest BCUT2D eigenvalue weighted by Gasteiger charge is 2.10. The van der Waals surface area contributed by atoms with E-state index in [9.17, 15) is 4.39 Å². The minimum Gasteiger partial charge on any atom is -0.311 e. The number of rotatable bonds is 5. The molecule has 0 atom stereocenters. The SMILES string of the molecule is CCCNCc1cnnn1-c1ccc(Br)cc1F. The van der Waals surface area contributed by atoms with Crippen molar-refractivity contribution in [2.75, 3.05) is 6.54 Å². The van der Waals surface area contributed by atoms with Crippen LogP contribution in [-0.2, 0) is 6.54 Å². The van der Waals surface area contributed by atoms with E-state index in [1.165, 1.54) is 10.7 Å². The van der Waals surface area contributed by atoms with Gasteiger partial charge in [-0.1, -0.05) is 28.1 Å². The Morgan fingerprint density at radius 3 is 3.00 bits per heavy atom. The molecule has 0 unspecified atom stereocenters. The summed E-state index contributed by atoms with van der Waals surface area (Å²) in [7, 11) is 0. The molecular formula is C12H14BrFN4. The molecule has 0 aliphatic rings. The third-order valence-corrected chi connectivity index (χ3v) is 2.98. The maximum absolute atomic E-state index is 13.8. The summed E-state index contributed by atoms with van der Waals surface area (Å²) in [5.74, 6) is -0.327. The number of halogens is 2. The van der Waals surface area contributed by atoms with Gasteiger partial charge in [0.05, 0.1) is 11.9 Å². The van der Waals surface area contributed by atoms with Crippen LogP contribution in [-0.4, -0.2) is 21.5 Å². The number of aromatic nitrogens is 3. The lowest BCUT2D eigenvalue weighted by Crippen LogP contribution is -2.17. The number of nitrogens with zero attached hydrogens (tertiary/aromatic N) is 3. The predicted molar refractivity (Wildman–Crippen MR) is 71.0 cm³/mol. The second-order valence-electron chi connectivity index (χ2n) is 3.91. The van der Waals surface area contributed by atoms with Crippen molar-refractivity contribution >= 4 is 15.9 Å². The van der Waals surface area contributed by atoms with Crippen LogP contribution in [0.2, 0.25) is 0 Å². The van der Waals surface area contributed by atoms with Gasteiger partial charge in [0.15, 0.2) is 0 Å². The molecule has 96 valence electrons. The molecule has 0 saturated carbocycles. The molecule has 0 radical (unpaired) electrons. The van der Waals surface area contributed by atoms with Crippen LogP contribution in [0.1, 0.15) is 19.0 Å². The zero-order chi connectivity index (χ0) is 13.0. The van der Waals surface area contributed by atoms with Crippen LogP contribution < -0.4 is 5.32 Å². The van der Waals surface area contributed by atoms with Crippen molar-refractivity contribution in [1.29, 1.82) is 0 Å². The summed E-state index contributed by atoms with van der Waals surface area (Å²) >= 11 is 3.23. The first-order chi connectivity index (χ1) is 8.72. The molecule has 2 rings (SSSR count). The molecule has 4 nitrogen and oxygen atoms in total. The molecule has 1 aromatic carbocycles. The molecule has 1 aromatic heterocycles. The Bertz CT molecular complexity index is 527. The van der Waals surface area contributed by atoms with Gasteiger partial charge in [0.25, 0.3) is 0 Å². The van der Waals surface area contributed by atoms with Crippen LogP contribution in [0.5, 0.6) is 0 Å². The van der Waals surface area contributed by atoms with Crippen LogP contribution in [0.3, 0.4) is 0 Å². The largest absolute Gasteiger partial charge is 0.311 e. The lowest BCUT2D eigenvalue weighted by Gasteiger charge is -2.08.